The SMILES string of the molecule is CC(C)(C)OC(=O)NCC(=O)N1CCC[C@H]1B1O[C@@H]2[C@@H]3C[C@H](C[C@]2(C)O1)C3(C)C. The maximum atomic E-state index is 12.8. The zero-order chi connectivity index (χ0) is 21.2. The summed E-state index contributed by atoms with van der Waals surface area (Å²) in [6.07, 6.45) is 3.56. The number of ether oxygens (including phenoxy) is 1. The first-order valence-electron chi connectivity index (χ1n) is 11.0. The van der Waals surface area contributed by atoms with Gasteiger partial charge in [-0.15, -0.1) is 0 Å². The van der Waals surface area contributed by atoms with Crippen molar-refractivity contribution in [2.24, 2.45) is 17.3 Å². The lowest BCUT2D eigenvalue weighted by Crippen LogP contribution is -2.63. The molecule has 2 saturated heterocycles. The molecule has 2 heterocycles. The molecule has 7 nitrogen and oxygen atoms in total. The van der Waals surface area contributed by atoms with Gasteiger partial charge >= 0.3 is 13.2 Å². The first kappa shape index (κ1) is 21.0. The van der Waals surface area contributed by atoms with Crippen molar-refractivity contribution in [1.82, 2.24) is 10.2 Å². The van der Waals surface area contributed by atoms with Gasteiger partial charge in [0.05, 0.1) is 17.6 Å². The van der Waals surface area contributed by atoms with E-state index in [-0.39, 0.29) is 37.2 Å². The van der Waals surface area contributed by atoms with E-state index in [2.05, 4.69) is 26.1 Å². The van der Waals surface area contributed by atoms with Crippen molar-refractivity contribution in [3.05, 3.63) is 0 Å². The molecule has 2 bridgehead atoms. The van der Waals surface area contributed by atoms with Crippen molar-refractivity contribution in [2.75, 3.05) is 13.1 Å². The third kappa shape index (κ3) is 3.67. The molecule has 29 heavy (non-hydrogen) atoms. The molecule has 0 radical (unpaired) electrons. The second-order valence-electron chi connectivity index (χ2n) is 11.1. The highest BCUT2D eigenvalue weighted by atomic mass is 16.7. The van der Waals surface area contributed by atoms with Gasteiger partial charge < -0.3 is 24.3 Å². The van der Waals surface area contributed by atoms with E-state index in [1.54, 1.807) is 20.8 Å². The van der Waals surface area contributed by atoms with Gasteiger partial charge in [-0.1, -0.05) is 13.8 Å². The van der Waals surface area contributed by atoms with Crippen LogP contribution in [0.2, 0.25) is 0 Å². The average molecular weight is 406 g/mol. The predicted molar refractivity (Wildman–Crippen MR) is 109 cm³/mol. The van der Waals surface area contributed by atoms with Gasteiger partial charge in [0.25, 0.3) is 0 Å². The standard InChI is InChI=1S/C21H35BN2O5/c1-19(2,3)27-18(26)23-12-16(25)24-9-7-8-15(24)22-28-17-14-10-13(20(14,4)5)11-21(17,6)29-22/h13-15,17H,7-12H2,1-6H3,(H,23,26)/t13-,14+,15+,17-,21+/m1/s1. The zero-order valence-electron chi connectivity index (χ0n) is 18.6. The molecular formula is C21H35BN2O5. The molecular weight excluding hydrogens is 371 g/mol. The van der Waals surface area contributed by atoms with Crippen LogP contribution in [0, 0.1) is 17.3 Å². The molecule has 2 amide bonds. The number of nitrogens with zero attached hydrogens (tertiary/aromatic N) is 1. The van der Waals surface area contributed by atoms with E-state index in [0.717, 1.165) is 19.3 Å². The highest BCUT2D eigenvalue weighted by Gasteiger charge is 2.67. The molecule has 5 fully saturated rings. The Labute approximate surface area is 174 Å². The van der Waals surface area contributed by atoms with Crippen molar-refractivity contribution in [3.8, 4) is 0 Å². The van der Waals surface area contributed by atoms with Crippen LogP contribution in [0.15, 0.2) is 0 Å². The summed E-state index contributed by atoms with van der Waals surface area (Å²) in [6.45, 7) is 12.9. The molecule has 0 aromatic rings. The van der Waals surface area contributed by atoms with E-state index >= 15 is 0 Å². The Bertz CT molecular complexity index is 693. The minimum atomic E-state index is -0.588. The quantitative estimate of drug-likeness (QED) is 0.730. The fourth-order valence-electron chi connectivity index (χ4n) is 5.86. The summed E-state index contributed by atoms with van der Waals surface area (Å²) in [5.74, 6) is 1.01. The highest BCUT2D eigenvalue weighted by Crippen LogP contribution is 2.64. The predicted octanol–water partition coefficient (Wildman–Crippen LogP) is 2.77. The van der Waals surface area contributed by atoms with Crippen LogP contribution >= 0.6 is 0 Å². The molecule has 3 saturated carbocycles. The van der Waals surface area contributed by atoms with Crippen LogP contribution in [0.1, 0.15) is 67.2 Å². The summed E-state index contributed by atoms with van der Waals surface area (Å²) < 4.78 is 18.2. The molecule has 5 atom stereocenters. The second-order valence-corrected chi connectivity index (χ2v) is 11.1. The fourth-order valence-corrected chi connectivity index (χ4v) is 5.86. The molecule has 0 spiro atoms. The van der Waals surface area contributed by atoms with Gasteiger partial charge in [-0.3, -0.25) is 4.79 Å². The van der Waals surface area contributed by atoms with Gasteiger partial charge in [0.15, 0.2) is 0 Å². The molecule has 1 N–H and O–H groups in total. The summed E-state index contributed by atoms with van der Waals surface area (Å²) in [4.78, 5) is 26.5. The number of likely N-dealkylation sites (tertiary alicyclic amines) is 1. The molecule has 0 aromatic heterocycles. The largest absolute Gasteiger partial charge is 0.481 e. The average Bonchev–Trinajstić information content (AvgIpc) is 3.21. The van der Waals surface area contributed by atoms with Gasteiger partial charge in [-0.2, -0.15) is 0 Å². The van der Waals surface area contributed by atoms with Crippen molar-refractivity contribution >= 4 is 19.1 Å². The van der Waals surface area contributed by atoms with E-state index in [9.17, 15) is 9.59 Å². The van der Waals surface area contributed by atoms with Gasteiger partial charge in [-0.05, 0) is 70.6 Å². The first-order valence-corrected chi connectivity index (χ1v) is 11.0. The van der Waals surface area contributed by atoms with Crippen LogP contribution in [-0.4, -0.2) is 60.4 Å². The number of rotatable bonds is 3. The number of alkyl carbamates (subject to hydrolysis) is 1. The van der Waals surface area contributed by atoms with E-state index in [1.807, 2.05) is 4.90 Å². The molecule has 3 aliphatic carbocycles. The topological polar surface area (TPSA) is 77.1 Å². The molecule has 5 aliphatic rings. The Morgan fingerprint density at radius 1 is 1.28 bits per heavy atom. The highest BCUT2D eigenvalue weighted by molar-refractivity contribution is 6.48. The Hall–Kier alpha value is -1.28. The number of hydrogen-bond acceptors (Lipinski definition) is 5. The number of carbonyl (C=O) groups is 2. The van der Waals surface area contributed by atoms with E-state index in [0.29, 0.717) is 23.8 Å². The van der Waals surface area contributed by atoms with E-state index < -0.39 is 11.7 Å². The Morgan fingerprint density at radius 2 is 2.00 bits per heavy atom. The monoisotopic (exact) mass is 406 g/mol. The summed E-state index contributed by atoms with van der Waals surface area (Å²) in [5.41, 5.74) is -0.528. The summed E-state index contributed by atoms with van der Waals surface area (Å²) in [6, 6.07) is 0. The maximum Gasteiger partial charge on any atom is 0.481 e. The lowest BCUT2D eigenvalue weighted by atomic mass is 9.45. The third-order valence-electron chi connectivity index (χ3n) is 7.55. The molecule has 5 rings (SSSR count). The molecule has 8 heteroatoms. The third-order valence-corrected chi connectivity index (χ3v) is 7.55. The maximum absolute atomic E-state index is 12.8. The molecule has 2 aliphatic heterocycles. The number of amides is 2. The van der Waals surface area contributed by atoms with Crippen molar-refractivity contribution in [3.63, 3.8) is 0 Å². The van der Waals surface area contributed by atoms with Gasteiger partial charge in [0.2, 0.25) is 5.91 Å². The van der Waals surface area contributed by atoms with Gasteiger partial charge in [0.1, 0.15) is 12.1 Å². The lowest BCUT2D eigenvalue weighted by molar-refractivity contribution is -0.185. The molecule has 162 valence electrons. The van der Waals surface area contributed by atoms with Crippen molar-refractivity contribution in [1.29, 1.82) is 0 Å². The number of carbonyl (C=O) groups excluding carboxylic acids is 2. The van der Waals surface area contributed by atoms with Crippen LogP contribution in [0.4, 0.5) is 4.79 Å². The fraction of sp³-hybridized carbons (Fsp3) is 0.905. The minimum Gasteiger partial charge on any atom is -0.444 e. The minimum absolute atomic E-state index is 0.0729. The lowest BCUT2D eigenvalue weighted by Gasteiger charge is -2.63. The second kappa shape index (κ2) is 6.87. The molecule has 0 aromatic carbocycles. The summed E-state index contributed by atoms with van der Waals surface area (Å²) in [5, 5.41) is 2.57. The van der Waals surface area contributed by atoms with Crippen LogP contribution in [0.25, 0.3) is 0 Å². The van der Waals surface area contributed by atoms with Crippen LogP contribution in [0.5, 0.6) is 0 Å². The van der Waals surface area contributed by atoms with Crippen LogP contribution in [0.3, 0.4) is 0 Å². The van der Waals surface area contributed by atoms with Gasteiger partial charge in [0, 0.05) is 6.54 Å². The molecule has 0 unspecified atom stereocenters. The number of hydrogen-bond donors (Lipinski definition) is 1. The van der Waals surface area contributed by atoms with Crippen LogP contribution in [-0.2, 0) is 18.8 Å². The Kier molecular flexibility index (Phi) is 4.97. The van der Waals surface area contributed by atoms with Crippen molar-refractivity contribution < 1.29 is 23.6 Å². The van der Waals surface area contributed by atoms with E-state index in [1.165, 1.54) is 6.42 Å². The Balaban J connectivity index is 1.37. The van der Waals surface area contributed by atoms with Gasteiger partial charge in [-0.25, -0.2) is 4.79 Å². The number of nitrogens with one attached hydrogen (secondary N) is 1. The Morgan fingerprint density at radius 3 is 2.66 bits per heavy atom. The zero-order valence-corrected chi connectivity index (χ0v) is 18.6. The summed E-state index contributed by atoms with van der Waals surface area (Å²) >= 11 is 0. The smallest absolute Gasteiger partial charge is 0.444 e. The first-order chi connectivity index (χ1) is 13.4. The summed E-state index contributed by atoms with van der Waals surface area (Å²) in [7, 11) is -0.381. The van der Waals surface area contributed by atoms with E-state index in [4.69, 9.17) is 14.0 Å². The van der Waals surface area contributed by atoms with Crippen molar-refractivity contribution in [2.45, 2.75) is 90.5 Å². The normalized spacial score (nSPS) is 37.7. The van der Waals surface area contributed by atoms with Crippen LogP contribution < -0.4 is 5.32 Å².